The van der Waals surface area contributed by atoms with Gasteiger partial charge in [0.05, 0.1) is 43.7 Å². The fraction of sp³-hybridized carbons (Fsp3) is 0.557. The van der Waals surface area contributed by atoms with Crippen LogP contribution < -0.4 is 42.0 Å². The Morgan fingerprint density at radius 1 is 0.736 bits per heavy atom. The number of nitrogens with two attached hydrogens (primary N) is 1. The normalized spacial score (nSPS) is 27.1. The highest BCUT2D eigenvalue weighted by atomic mass is 35.5. The van der Waals surface area contributed by atoms with E-state index in [1.807, 2.05) is 12.1 Å². The Hall–Kier alpha value is -6.83. The van der Waals surface area contributed by atoms with Crippen LogP contribution in [-0.4, -0.2) is 240 Å². The first-order valence-corrected chi connectivity index (χ1v) is 31.2. The molecule has 9 rings (SSSR count). The molecule has 7 amide bonds. The molecule has 14 N–H and O–H groups in total. The monoisotopic (exact) mass is 1330 g/mol. The molecule has 1 saturated carbocycles. The summed E-state index contributed by atoms with van der Waals surface area (Å²) in [6.45, 7) is 5.07. The minimum atomic E-state index is -2.02. The number of β-amino-alcohol motifs (C(OH)–C–C–N with tert-alkyl or cyclic N) is 1. The minimum absolute atomic E-state index is 0. The number of phenolic OH excluding ortho intramolecular Hbond substituents is 1. The van der Waals surface area contributed by atoms with Crippen LogP contribution in [0.3, 0.4) is 0 Å². The maximum Gasteiger partial charge on any atom is 0.251 e. The molecular weight excluding hydrogens is 1240 g/mol. The first-order chi connectivity index (χ1) is 42.6. The zero-order valence-corrected chi connectivity index (χ0v) is 53.3. The molecule has 27 nitrogen and oxygen atoms in total. The number of carbonyl (C=O) groups excluding carboxylic acids is 7. The number of ether oxygens (including phenoxy) is 1. The number of benzene rings is 3. The molecule has 91 heavy (non-hydrogen) atoms. The van der Waals surface area contributed by atoms with Crippen molar-refractivity contribution in [2.45, 2.75) is 151 Å². The van der Waals surface area contributed by atoms with Gasteiger partial charge in [0.15, 0.2) is 11.5 Å². The number of hydrogen-bond donors (Lipinski definition) is 13. The fourth-order valence-electron chi connectivity index (χ4n) is 12.5. The summed E-state index contributed by atoms with van der Waals surface area (Å²) >= 11 is 1.36. The molecule has 13 atom stereocenters. The van der Waals surface area contributed by atoms with Crippen LogP contribution in [0, 0.1) is 5.92 Å². The molecule has 4 aromatic rings. The van der Waals surface area contributed by atoms with Gasteiger partial charge >= 0.3 is 0 Å². The number of fused-ring (bicyclic) bond motifs is 2. The molecule has 5 aliphatic rings. The van der Waals surface area contributed by atoms with Crippen molar-refractivity contribution >= 4 is 83.2 Å². The van der Waals surface area contributed by atoms with Gasteiger partial charge in [0, 0.05) is 99.4 Å². The van der Waals surface area contributed by atoms with Gasteiger partial charge in [-0.1, -0.05) is 55.7 Å². The van der Waals surface area contributed by atoms with E-state index in [1.165, 1.54) is 80.9 Å². The summed E-state index contributed by atoms with van der Waals surface area (Å²) in [5, 5.41) is 101. The Bertz CT molecular complexity index is 3160. The molecule has 3 aromatic carbocycles. The van der Waals surface area contributed by atoms with Crippen molar-refractivity contribution < 1.29 is 74.0 Å². The molecule has 0 bridgehead atoms. The molecule has 5 heterocycles. The van der Waals surface area contributed by atoms with Crippen molar-refractivity contribution in [2.24, 2.45) is 11.7 Å². The molecule has 1 aliphatic carbocycles. The quantitative estimate of drug-likeness (QED) is 0.0734. The van der Waals surface area contributed by atoms with Crippen molar-refractivity contribution in [1.29, 1.82) is 0 Å². The van der Waals surface area contributed by atoms with Gasteiger partial charge in [0.25, 0.3) is 5.91 Å². The lowest BCUT2D eigenvalue weighted by molar-refractivity contribution is -0.147. The van der Waals surface area contributed by atoms with E-state index >= 15 is 0 Å². The third-order valence-corrected chi connectivity index (χ3v) is 18.6. The van der Waals surface area contributed by atoms with Crippen molar-refractivity contribution in [1.82, 2.24) is 51.5 Å². The van der Waals surface area contributed by atoms with Gasteiger partial charge < -0.3 is 87.5 Å². The first-order valence-electron chi connectivity index (χ1n) is 30.4. The van der Waals surface area contributed by atoms with E-state index in [-0.39, 0.29) is 67.0 Å². The third-order valence-electron chi connectivity index (χ3n) is 17.6. The number of nitrogens with zero attached hydrogens (tertiary/aromatic N) is 6. The summed E-state index contributed by atoms with van der Waals surface area (Å²) < 4.78 is 5.20. The van der Waals surface area contributed by atoms with Crippen molar-refractivity contribution in [3.05, 3.63) is 77.9 Å². The van der Waals surface area contributed by atoms with Crippen LogP contribution in [0.15, 0.2) is 66.7 Å². The Kier molecular flexibility index (Phi) is 25.3. The number of phenols is 1. The highest BCUT2D eigenvalue weighted by Gasteiger charge is 2.50. The Balaban J connectivity index is 0.00000588. The van der Waals surface area contributed by atoms with Crippen LogP contribution in [-0.2, 0) is 35.2 Å². The number of methoxy groups -OCH3 is 1. The lowest BCUT2D eigenvalue weighted by atomic mass is 9.94. The number of rotatable bonds is 14. The molecule has 0 spiro atoms. The number of hydrogen-bond acceptors (Lipinski definition) is 21. The third kappa shape index (κ3) is 17.1. The Morgan fingerprint density at radius 3 is 1.98 bits per heavy atom. The van der Waals surface area contributed by atoms with E-state index in [9.17, 15) is 69.3 Å². The second-order valence-electron chi connectivity index (χ2n) is 23.9. The number of aliphatic hydroxyl groups is 6. The standard InChI is InChI=1S/C61H82N12O15S.2ClH/c1-32-30-73-51(52(32)80)57(85)63-29-40(75)27-42(64-53(81)35-10-12-36(13-11-35)58-68-69-59(89-58)37-14-16-39(17-15-37)71-23-21-70(22-24-71)38-7-5-4-6-8-38)54(82)65-48(33(2)74)60(86)72-31-41(76)28-43(72)55(83)66-49(56(84)67-50(61(73)87)45(78)19-20-62)46(79)25-34-9-18-44(77)47(26-34)88-3;;/h9-18,26,32-33,38,40-43,45-46,48-52,74-80H,4-8,19-25,27-31,62H2,1-3H3,(H,63,85)(H,64,81)(H,65,82)(H,66,83)(H,67,84);2*1H/t32-,33+,40+,41+,42-,43-,45+,46+,48-,49-,50-,51-,52-;;/m0../s1. The molecule has 0 radical (unpaired) electrons. The van der Waals surface area contributed by atoms with Gasteiger partial charge in [-0.2, -0.15) is 0 Å². The van der Waals surface area contributed by atoms with E-state index < -0.39 is 152 Å². The average Bonchev–Trinajstić information content (AvgIpc) is 1.79. The molecule has 498 valence electrons. The molecule has 1 aromatic heterocycles. The maximum absolute atomic E-state index is 14.7. The number of aromatic nitrogens is 2. The largest absolute Gasteiger partial charge is 0.504 e. The second-order valence-corrected chi connectivity index (χ2v) is 24.9. The molecule has 0 unspecified atom stereocenters. The maximum atomic E-state index is 14.7. The predicted octanol–water partition coefficient (Wildman–Crippen LogP) is -0.818. The number of aromatic hydroxyl groups is 1. The van der Waals surface area contributed by atoms with Crippen LogP contribution >= 0.6 is 36.2 Å². The highest BCUT2D eigenvalue weighted by molar-refractivity contribution is 7.17. The summed E-state index contributed by atoms with van der Waals surface area (Å²) in [7, 11) is 1.28. The van der Waals surface area contributed by atoms with Crippen LogP contribution in [0.5, 0.6) is 11.5 Å². The molecule has 5 fully saturated rings. The second kappa shape index (κ2) is 32.1. The minimum Gasteiger partial charge on any atom is -0.504 e. The lowest BCUT2D eigenvalue weighted by Crippen LogP contribution is -2.64. The van der Waals surface area contributed by atoms with Crippen molar-refractivity contribution in [3.63, 3.8) is 0 Å². The molecule has 4 aliphatic heterocycles. The fourth-order valence-corrected chi connectivity index (χ4v) is 13.4. The number of carbonyl (C=O) groups is 7. The molecular formula is C61H84Cl2N12O15S. The van der Waals surface area contributed by atoms with Crippen molar-refractivity contribution in [3.8, 4) is 32.6 Å². The summed E-state index contributed by atoms with van der Waals surface area (Å²) in [6, 6.07) is 8.37. The van der Waals surface area contributed by atoms with Crippen LogP contribution in [0.2, 0.25) is 0 Å². The first kappa shape index (κ1) is 71.6. The predicted molar refractivity (Wildman–Crippen MR) is 339 cm³/mol. The van der Waals surface area contributed by atoms with Crippen LogP contribution in [0.25, 0.3) is 21.1 Å². The number of amides is 7. The summed E-state index contributed by atoms with van der Waals surface area (Å²) in [6.07, 6.45) is -5.17. The zero-order chi connectivity index (χ0) is 63.8. The van der Waals surface area contributed by atoms with E-state index in [2.05, 4.69) is 58.7 Å². The average molecular weight is 1330 g/mol. The van der Waals surface area contributed by atoms with Crippen LogP contribution in [0.4, 0.5) is 5.69 Å². The summed E-state index contributed by atoms with van der Waals surface area (Å²) in [4.78, 5) is 108. The smallest absolute Gasteiger partial charge is 0.251 e. The summed E-state index contributed by atoms with van der Waals surface area (Å²) in [5.41, 5.74) is 8.80. The highest BCUT2D eigenvalue weighted by Crippen LogP contribution is 2.33. The lowest BCUT2D eigenvalue weighted by Gasteiger charge is -2.41. The van der Waals surface area contributed by atoms with E-state index in [1.54, 1.807) is 19.1 Å². The number of nitrogens with one attached hydrogen (secondary N) is 5. The zero-order valence-electron chi connectivity index (χ0n) is 50.8. The Labute approximate surface area is 543 Å². The van der Waals surface area contributed by atoms with Gasteiger partial charge in [0.1, 0.15) is 46.3 Å². The van der Waals surface area contributed by atoms with Gasteiger partial charge in [0.2, 0.25) is 35.4 Å². The van der Waals surface area contributed by atoms with E-state index in [0.717, 1.165) is 54.2 Å². The van der Waals surface area contributed by atoms with Crippen LogP contribution in [0.1, 0.15) is 81.1 Å². The summed E-state index contributed by atoms with van der Waals surface area (Å²) in [5.74, 6) is -8.49. The van der Waals surface area contributed by atoms with Gasteiger partial charge in [-0.25, -0.2) is 0 Å². The number of piperazine rings is 1. The number of halogens is 2. The van der Waals surface area contributed by atoms with Gasteiger partial charge in [-0.05, 0) is 86.8 Å². The van der Waals surface area contributed by atoms with Gasteiger partial charge in [-0.15, -0.1) is 35.0 Å². The SMILES string of the molecule is COc1cc(C[C@@H](O)[C@@H]2NC(=O)[C@@H]3C[C@@H](O)CN3C(=O)[C@H]([C@@H](C)O)NC(=O)[C@@H](NC(=O)c3ccc(-c4nnc(-c5ccc(N6CCN(C7CCCCC7)CC6)cc5)s4)cc3)C[C@@H](O)CNC(=O)[C@@H]3[C@@H](O)[C@@H](C)CN3C(=O)[C@H]([C@H](O)CCN)NC2=O)ccc1O.Cl.Cl. The molecule has 30 heteroatoms. The Morgan fingerprint density at radius 2 is 1.35 bits per heavy atom. The van der Waals surface area contributed by atoms with Crippen molar-refractivity contribution in [2.75, 3.05) is 64.4 Å². The van der Waals surface area contributed by atoms with E-state index in [4.69, 9.17) is 10.5 Å². The number of aliphatic hydroxyl groups excluding tert-OH is 6. The topological polar surface area (TPSA) is 395 Å². The van der Waals surface area contributed by atoms with E-state index in [0.29, 0.717) is 21.6 Å². The van der Waals surface area contributed by atoms with Gasteiger partial charge in [-0.3, -0.25) is 38.5 Å². The molecule has 4 saturated heterocycles. The number of anilines is 1.